The lowest BCUT2D eigenvalue weighted by atomic mass is 10.3. The SMILES string of the molecule is CON(C)C(=O)c1cnn2ccncc12. The van der Waals surface area contributed by atoms with Gasteiger partial charge in [0.25, 0.3) is 5.91 Å². The Kier molecular flexibility index (Phi) is 2.34. The number of carbonyl (C=O) groups excluding carboxylic acids is 1. The van der Waals surface area contributed by atoms with E-state index in [4.69, 9.17) is 4.84 Å². The summed E-state index contributed by atoms with van der Waals surface area (Å²) in [6.07, 6.45) is 6.37. The highest BCUT2D eigenvalue weighted by molar-refractivity contribution is 5.99. The molecule has 0 aliphatic carbocycles. The zero-order chi connectivity index (χ0) is 10.8. The van der Waals surface area contributed by atoms with Crippen LogP contribution in [0.4, 0.5) is 0 Å². The molecule has 0 aliphatic heterocycles. The lowest BCUT2D eigenvalue weighted by Gasteiger charge is -2.11. The number of hydrogen-bond donors (Lipinski definition) is 0. The lowest BCUT2D eigenvalue weighted by molar-refractivity contribution is -0.0755. The monoisotopic (exact) mass is 206 g/mol. The van der Waals surface area contributed by atoms with Gasteiger partial charge >= 0.3 is 0 Å². The van der Waals surface area contributed by atoms with Crippen LogP contribution < -0.4 is 0 Å². The van der Waals surface area contributed by atoms with Crippen LogP contribution >= 0.6 is 0 Å². The number of aromatic nitrogens is 3. The van der Waals surface area contributed by atoms with E-state index in [1.807, 2.05) is 0 Å². The molecule has 6 nitrogen and oxygen atoms in total. The first-order chi connectivity index (χ1) is 7.24. The summed E-state index contributed by atoms with van der Waals surface area (Å²) in [4.78, 5) is 20.5. The normalized spacial score (nSPS) is 10.5. The minimum atomic E-state index is -0.250. The summed E-state index contributed by atoms with van der Waals surface area (Å²) in [7, 11) is 2.98. The third-order valence-corrected chi connectivity index (χ3v) is 2.12. The summed E-state index contributed by atoms with van der Waals surface area (Å²) in [6.45, 7) is 0. The Hall–Kier alpha value is -1.95. The number of carbonyl (C=O) groups is 1. The lowest BCUT2D eigenvalue weighted by Crippen LogP contribution is -2.25. The third kappa shape index (κ3) is 1.55. The van der Waals surface area contributed by atoms with Gasteiger partial charge in [0.15, 0.2) is 0 Å². The van der Waals surface area contributed by atoms with Gasteiger partial charge in [-0.15, -0.1) is 0 Å². The molecule has 15 heavy (non-hydrogen) atoms. The van der Waals surface area contributed by atoms with Crippen molar-refractivity contribution < 1.29 is 9.63 Å². The summed E-state index contributed by atoms with van der Waals surface area (Å²) in [5.74, 6) is -0.250. The molecule has 0 atom stereocenters. The van der Waals surface area contributed by atoms with Gasteiger partial charge in [-0.05, 0) is 0 Å². The van der Waals surface area contributed by atoms with Gasteiger partial charge in [-0.25, -0.2) is 9.58 Å². The maximum absolute atomic E-state index is 11.8. The molecular formula is C9H10N4O2. The Labute approximate surface area is 86.0 Å². The van der Waals surface area contributed by atoms with E-state index in [1.54, 1.807) is 30.2 Å². The Bertz CT molecular complexity index is 494. The molecule has 2 heterocycles. The molecule has 0 spiro atoms. The van der Waals surface area contributed by atoms with Crippen LogP contribution in [0.15, 0.2) is 24.8 Å². The van der Waals surface area contributed by atoms with E-state index in [1.165, 1.54) is 13.3 Å². The minimum Gasteiger partial charge on any atom is -0.274 e. The molecule has 78 valence electrons. The Morgan fingerprint density at radius 3 is 3.07 bits per heavy atom. The second-order valence-corrected chi connectivity index (χ2v) is 2.95. The van der Waals surface area contributed by atoms with Gasteiger partial charge < -0.3 is 0 Å². The van der Waals surface area contributed by atoms with Crippen LogP contribution in [0.25, 0.3) is 5.52 Å². The second kappa shape index (κ2) is 3.66. The average Bonchev–Trinajstić information content (AvgIpc) is 2.70. The number of rotatable bonds is 2. The van der Waals surface area contributed by atoms with Crippen molar-refractivity contribution in [3.05, 3.63) is 30.4 Å². The summed E-state index contributed by atoms with van der Waals surface area (Å²) >= 11 is 0. The highest BCUT2D eigenvalue weighted by Crippen LogP contribution is 2.10. The number of fused-ring (bicyclic) bond motifs is 1. The topological polar surface area (TPSA) is 59.7 Å². The molecule has 0 bridgehead atoms. The summed E-state index contributed by atoms with van der Waals surface area (Å²) in [5.41, 5.74) is 1.12. The van der Waals surface area contributed by atoms with Crippen LogP contribution in [0, 0.1) is 0 Å². The van der Waals surface area contributed by atoms with Crippen LogP contribution in [0.1, 0.15) is 10.4 Å². The molecule has 0 saturated carbocycles. The molecule has 0 aromatic carbocycles. The van der Waals surface area contributed by atoms with Gasteiger partial charge in [0.1, 0.15) is 0 Å². The van der Waals surface area contributed by atoms with Crippen molar-refractivity contribution in [2.75, 3.05) is 14.2 Å². The van der Waals surface area contributed by atoms with Crippen LogP contribution in [-0.2, 0) is 4.84 Å². The van der Waals surface area contributed by atoms with Gasteiger partial charge in [-0.1, -0.05) is 0 Å². The van der Waals surface area contributed by atoms with Crippen LogP contribution in [-0.4, -0.2) is 39.7 Å². The predicted molar refractivity (Wildman–Crippen MR) is 52.1 cm³/mol. The van der Waals surface area contributed by atoms with Crippen molar-refractivity contribution in [3.63, 3.8) is 0 Å². The Morgan fingerprint density at radius 2 is 2.33 bits per heavy atom. The van der Waals surface area contributed by atoms with Crippen molar-refractivity contribution in [2.45, 2.75) is 0 Å². The molecule has 2 rings (SSSR count). The van der Waals surface area contributed by atoms with Gasteiger partial charge in [-0.3, -0.25) is 14.6 Å². The van der Waals surface area contributed by atoms with E-state index >= 15 is 0 Å². The zero-order valence-electron chi connectivity index (χ0n) is 8.41. The van der Waals surface area contributed by atoms with Crippen LogP contribution in [0.5, 0.6) is 0 Å². The van der Waals surface area contributed by atoms with Gasteiger partial charge in [0, 0.05) is 19.4 Å². The third-order valence-electron chi connectivity index (χ3n) is 2.12. The first kappa shape index (κ1) is 9.60. The summed E-state index contributed by atoms with van der Waals surface area (Å²) < 4.78 is 1.59. The molecule has 0 fully saturated rings. The molecule has 2 aromatic heterocycles. The zero-order valence-corrected chi connectivity index (χ0v) is 8.41. The van der Waals surface area contributed by atoms with E-state index in [2.05, 4.69) is 10.1 Å². The van der Waals surface area contributed by atoms with Crippen LogP contribution in [0.3, 0.4) is 0 Å². The van der Waals surface area contributed by atoms with Crippen LogP contribution in [0.2, 0.25) is 0 Å². The Morgan fingerprint density at radius 1 is 1.53 bits per heavy atom. The van der Waals surface area contributed by atoms with E-state index in [0.29, 0.717) is 11.1 Å². The standard InChI is InChI=1S/C9H10N4O2/c1-12(15-2)9(14)7-5-11-13-4-3-10-6-8(7)13/h3-6H,1-2H3. The molecule has 0 unspecified atom stereocenters. The fraction of sp³-hybridized carbons (Fsp3) is 0.222. The van der Waals surface area contributed by atoms with E-state index < -0.39 is 0 Å². The van der Waals surface area contributed by atoms with Crippen molar-refractivity contribution >= 4 is 11.4 Å². The molecule has 0 N–H and O–H groups in total. The minimum absolute atomic E-state index is 0.250. The highest BCUT2D eigenvalue weighted by atomic mass is 16.7. The second-order valence-electron chi connectivity index (χ2n) is 2.95. The van der Waals surface area contributed by atoms with Gasteiger partial charge in [0.05, 0.1) is 30.6 Å². The summed E-state index contributed by atoms with van der Waals surface area (Å²) in [6, 6.07) is 0. The maximum Gasteiger partial charge on any atom is 0.281 e. The highest BCUT2D eigenvalue weighted by Gasteiger charge is 2.16. The number of nitrogens with zero attached hydrogens (tertiary/aromatic N) is 4. The molecule has 0 radical (unpaired) electrons. The number of amides is 1. The smallest absolute Gasteiger partial charge is 0.274 e. The maximum atomic E-state index is 11.8. The predicted octanol–water partition coefficient (Wildman–Crippen LogP) is 0.363. The van der Waals surface area contributed by atoms with Crippen molar-refractivity contribution in [1.82, 2.24) is 19.7 Å². The molecule has 2 aromatic rings. The number of hydroxylamine groups is 2. The number of hydrogen-bond acceptors (Lipinski definition) is 4. The van der Waals surface area contributed by atoms with E-state index in [0.717, 1.165) is 5.06 Å². The average molecular weight is 206 g/mol. The molecule has 1 amide bonds. The van der Waals surface area contributed by atoms with Gasteiger partial charge in [-0.2, -0.15) is 5.10 Å². The van der Waals surface area contributed by atoms with Gasteiger partial charge in [0.2, 0.25) is 0 Å². The summed E-state index contributed by atoms with van der Waals surface area (Å²) in [5, 5.41) is 5.17. The quantitative estimate of drug-likeness (QED) is 0.666. The fourth-order valence-electron chi connectivity index (χ4n) is 1.25. The molecule has 0 saturated heterocycles. The largest absolute Gasteiger partial charge is 0.281 e. The first-order valence-electron chi connectivity index (χ1n) is 4.33. The van der Waals surface area contributed by atoms with Crippen molar-refractivity contribution in [2.24, 2.45) is 0 Å². The van der Waals surface area contributed by atoms with E-state index in [9.17, 15) is 4.79 Å². The van der Waals surface area contributed by atoms with E-state index in [-0.39, 0.29) is 5.91 Å². The van der Waals surface area contributed by atoms with Crippen molar-refractivity contribution in [3.8, 4) is 0 Å². The molecule has 6 heteroatoms. The molecule has 0 aliphatic rings. The Balaban J connectivity index is 2.48. The first-order valence-corrected chi connectivity index (χ1v) is 4.33. The van der Waals surface area contributed by atoms with Crippen molar-refractivity contribution in [1.29, 1.82) is 0 Å². The molecular weight excluding hydrogens is 196 g/mol. The fourth-order valence-corrected chi connectivity index (χ4v) is 1.25.